The van der Waals surface area contributed by atoms with Gasteiger partial charge in [0.05, 0.1) is 6.10 Å². The van der Waals surface area contributed by atoms with E-state index in [2.05, 4.69) is 26.6 Å². The van der Waals surface area contributed by atoms with Gasteiger partial charge in [0.1, 0.15) is 6.42 Å². The second kappa shape index (κ2) is 7.56. The number of rotatable bonds is 5. The summed E-state index contributed by atoms with van der Waals surface area (Å²) in [4.78, 5) is 23.5. The Morgan fingerprint density at radius 2 is 2.19 bits per heavy atom. The Morgan fingerprint density at radius 1 is 1.38 bits per heavy atom. The highest BCUT2D eigenvalue weighted by Gasteiger charge is 2.17. The summed E-state index contributed by atoms with van der Waals surface area (Å²) in [5, 5.41) is 5.44. The third kappa shape index (κ3) is 5.13. The van der Waals surface area contributed by atoms with Crippen LogP contribution in [-0.2, 0) is 14.3 Å². The van der Waals surface area contributed by atoms with Gasteiger partial charge < -0.3 is 15.4 Å². The molecule has 0 bridgehead atoms. The first-order valence-corrected chi connectivity index (χ1v) is 7.78. The highest BCUT2D eigenvalue weighted by Crippen LogP contribution is 2.20. The molecule has 2 amide bonds. The van der Waals surface area contributed by atoms with Gasteiger partial charge in [-0.2, -0.15) is 0 Å². The number of carbonyl (C=O) groups excluding carboxylic acids is 2. The van der Waals surface area contributed by atoms with Gasteiger partial charge in [0.15, 0.2) is 0 Å². The van der Waals surface area contributed by atoms with Crippen LogP contribution in [0.25, 0.3) is 0 Å². The first-order chi connectivity index (χ1) is 10.0. The summed E-state index contributed by atoms with van der Waals surface area (Å²) in [6.07, 6.45) is 1.90. The summed E-state index contributed by atoms with van der Waals surface area (Å²) < 4.78 is 6.33. The largest absolute Gasteiger partial charge is 0.376 e. The van der Waals surface area contributed by atoms with Gasteiger partial charge >= 0.3 is 0 Å². The van der Waals surface area contributed by atoms with Crippen molar-refractivity contribution in [3.63, 3.8) is 0 Å². The highest BCUT2D eigenvalue weighted by atomic mass is 79.9. The average Bonchev–Trinajstić information content (AvgIpc) is 2.94. The lowest BCUT2D eigenvalue weighted by Gasteiger charge is -2.11. The minimum atomic E-state index is -0.324. The first-order valence-electron chi connectivity index (χ1n) is 6.99. The van der Waals surface area contributed by atoms with Gasteiger partial charge in [0.2, 0.25) is 11.8 Å². The summed E-state index contributed by atoms with van der Waals surface area (Å²) in [5.74, 6) is -0.607. The molecule has 0 radical (unpaired) electrons. The van der Waals surface area contributed by atoms with E-state index in [1.54, 1.807) is 0 Å². The predicted octanol–water partition coefficient (Wildman–Crippen LogP) is 2.38. The third-order valence-corrected chi connectivity index (χ3v) is 4.18. The maximum atomic E-state index is 11.8. The van der Waals surface area contributed by atoms with Crippen molar-refractivity contribution >= 4 is 33.4 Å². The van der Waals surface area contributed by atoms with Crippen LogP contribution in [0.2, 0.25) is 0 Å². The monoisotopic (exact) mass is 354 g/mol. The van der Waals surface area contributed by atoms with Crippen molar-refractivity contribution in [1.29, 1.82) is 0 Å². The SMILES string of the molecule is Cc1ccc(NC(=O)CC(=O)NCC2CCCO2)cc1Br. The zero-order chi connectivity index (χ0) is 15.2. The molecular weight excluding hydrogens is 336 g/mol. The Bertz CT molecular complexity index is 528. The number of hydrogen-bond donors (Lipinski definition) is 2. The topological polar surface area (TPSA) is 67.4 Å². The summed E-state index contributed by atoms with van der Waals surface area (Å²) in [6, 6.07) is 5.52. The van der Waals surface area contributed by atoms with E-state index in [9.17, 15) is 9.59 Å². The van der Waals surface area contributed by atoms with E-state index in [0.29, 0.717) is 12.2 Å². The molecule has 0 aromatic heterocycles. The summed E-state index contributed by atoms with van der Waals surface area (Å²) in [7, 11) is 0. The Kier molecular flexibility index (Phi) is 5.76. The molecule has 1 heterocycles. The van der Waals surface area contributed by atoms with Gasteiger partial charge in [-0.3, -0.25) is 9.59 Å². The fourth-order valence-electron chi connectivity index (χ4n) is 2.12. The van der Waals surface area contributed by atoms with Crippen LogP contribution in [0.4, 0.5) is 5.69 Å². The van der Waals surface area contributed by atoms with Crippen molar-refractivity contribution in [3.8, 4) is 0 Å². The molecule has 1 unspecified atom stereocenters. The molecule has 2 rings (SSSR count). The van der Waals surface area contributed by atoms with Crippen LogP contribution in [0.15, 0.2) is 22.7 Å². The van der Waals surface area contributed by atoms with E-state index >= 15 is 0 Å². The van der Waals surface area contributed by atoms with Crippen molar-refractivity contribution in [2.75, 3.05) is 18.5 Å². The Balaban J connectivity index is 1.75. The van der Waals surface area contributed by atoms with Crippen LogP contribution < -0.4 is 10.6 Å². The van der Waals surface area contributed by atoms with E-state index in [1.165, 1.54) is 0 Å². The highest BCUT2D eigenvalue weighted by molar-refractivity contribution is 9.10. The van der Waals surface area contributed by atoms with Crippen molar-refractivity contribution < 1.29 is 14.3 Å². The van der Waals surface area contributed by atoms with Crippen LogP contribution in [0.3, 0.4) is 0 Å². The quantitative estimate of drug-likeness (QED) is 0.797. The number of anilines is 1. The zero-order valence-corrected chi connectivity index (χ0v) is 13.5. The average molecular weight is 355 g/mol. The summed E-state index contributed by atoms with van der Waals surface area (Å²) in [5.41, 5.74) is 1.76. The van der Waals surface area contributed by atoms with Gasteiger partial charge in [-0.1, -0.05) is 22.0 Å². The summed E-state index contributed by atoms with van der Waals surface area (Å²) >= 11 is 3.40. The van der Waals surface area contributed by atoms with E-state index in [0.717, 1.165) is 29.5 Å². The molecule has 6 heteroatoms. The molecule has 0 spiro atoms. The molecule has 114 valence electrons. The van der Waals surface area contributed by atoms with E-state index in [1.807, 2.05) is 25.1 Å². The smallest absolute Gasteiger partial charge is 0.233 e. The van der Waals surface area contributed by atoms with Crippen LogP contribution in [0.5, 0.6) is 0 Å². The van der Waals surface area contributed by atoms with Gasteiger partial charge in [-0.15, -0.1) is 0 Å². The number of aryl methyl sites for hydroxylation is 1. The van der Waals surface area contributed by atoms with Crippen LogP contribution in [-0.4, -0.2) is 31.1 Å². The number of carbonyl (C=O) groups is 2. The second-order valence-electron chi connectivity index (χ2n) is 5.13. The fraction of sp³-hybridized carbons (Fsp3) is 0.467. The van der Waals surface area contributed by atoms with Crippen molar-refractivity contribution in [1.82, 2.24) is 5.32 Å². The molecule has 0 aliphatic carbocycles. The van der Waals surface area contributed by atoms with E-state index in [-0.39, 0.29) is 24.3 Å². The molecule has 1 aliphatic heterocycles. The molecule has 1 saturated heterocycles. The maximum Gasteiger partial charge on any atom is 0.233 e. The number of benzene rings is 1. The standard InChI is InChI=1S/C15H19BrN2O3/c1-10-4-5-11(7-13(10)16)18-15(20)8-14(19)17-9-12-3-2-6-21-12/h4-5,7,12H,2-3,6,8-9H2,1H3,(H,17,19)(H,18,20). The number of amides is 2. The maximum absolute atomic E-state index is 11.8. The number of hydrogen-bond acceptors (Lipinski definition) is 3. The second-order valence-corrected chi connectivity index (χ2v) is 5.98. The Labute approximate surface area is 132 Å². The normalized spacial score (nSPS) is 17.5. The minimum absolute atomic E-state index is 0.0880. The lowest BCUT2D eigenvalue weighted by molar-refractivity contribution is -0.127. The molecule has 1 aliphatic rings. The van der Waals surface area contributed by atoms with Gasteiger partial charge in [0, 0.05) is 23.3 Å². The molecular formula is C15H19BrN2O3. The van der Waals surface area contributed by atoms with Gasteiger partial charge in [-0.25, -0.2) is 0 Å². The molecule has 1 atom stereocenters. The molecule has 21 heavy (non-hydrogen) atoms. The predicted molar refractivity (Wildman–Crippen MR) is 84.1 cm³/mol. The van der Waals surface area contributed by atoms with Gasteiger partial charge in [-0.05, 0) is 37.5 Å². The van der Waals surface area contributed by atoms with Crippen LogP contribution >= 0.6 is 15.9 Å². The van der Waals surface area contributed by atoms with Crippen molar-refractivity contribution in [2.45, 2.75) is 32.3 Å². The molecule has 1 aromatic carbocycles. The van der Waals surface area contributed by atoms with E-state index in [4.69, 9.17) is 4.74 Å². The zero-order valence-electron chi connectivity index (χ0n) is 11.9. The van der Waals surface area contributed by atoms with Crippen LogP contribution in [0.1, 0.15) is 24.8 Å². The summed E-state index contributed by atoms with van der Waals surface area (Å²) in [6.45, 7) is 3.19. The van der Waals surface area contributed by atoms with Gasteiger partial charge in [0.25, 0.3) is 0 Å². The van der Waals surface area contributed by atoms with Crippen LogP contribution in [0, 0.1) is 6.92 Å². The van der Waals surface area contributed by atoms with E-state index < -0.39 is 0 Å². The Morgan fingerprint density at radius 3 is 2.86 bits per heavy atom. The fourth-order valence-corrected chi connectivity index (χ4v) is 2.50. The first kappa shape index (κ1) is 16.0. The number of nitrogens with one attached hydrogen (secondary N) is 2. The lowest BCUT2D eigenvalue weighted by atomic mass is 10.2. The third-order valence-electron chi connectivity index (χ3n) is 3.33. The lowest BCUT2D eigenvalue weighted by Crippen LogP contribution is -2.34. The molecule has 1 fully saturated rings. The number of halogens is 1. The molecule has 0 saturated carbocycles. The number of ether oxygens (including phenoxy) is 1. The molecule has 2 N–H and O–H groups in total. The molecule has 5 nitrogen and oxygen atoms in total. The van der Waals surface area contributed by atoms with Crippen molar-refractivity contribution in [3.05, 3.63) is 28.2 Å². The molecule has 1 aromatic rings. The van der Waals surface area contributed by atoms with Crippen molar-refractivity contribution in [2.24, 2.45) is 0 Å². The Hall–Kier alpha value is -1.40. The minimum Gasteiger partial charge on any atom is -0.376 e.